The zero-order chi connectivity index (χ0) is 11.4. The molecule has 0 bridgehead atoms. The van der Waals surface area contributed by atoms with Crippen LogP contribution in [0.2, 0.25) is 0 Å². The number of nitrogens with zero attached hydrogens (tertiary/aromatic N) is 1. The number of hydrogen-bond acceptors (Lipinski definition) is 2. The van der Waals surface area contributed by atoms with E-state index in [1.54, 1.807) is 0 Å². The predicted octanol–water partition coefficient (Wildman–Crippen LogP) is -1.64. The molecule has 2 N–H and O–H groups in total. The van der Waals surface area contributed by atoms with Gasteiger partial charge in [0.25, 0.3) is 0 Å². The highest BCUT2D eigenvalue weighted by Gasteiger charge is 2.22. The van der Waals surface area contributed by atoms with E-state index in [4.69, 9.17) is 11.8 Å². The van der Waals surface area contributed by atoms with Gasteiger partial charge in [0, 0.05) is 12.0 Å². The summed E-state index contributed by atoms with van der Waals surface area (Å²) in [4.78, 5) is 2.68. The SMILES string of the molecule is CC(C)(CC(O)CC[N+](C)(C)C)NCl.[Cl-]. The summed E-state index contributed by atoms with van der Waals surface area (Å²) < 4.78 is 0.881. The van der Waals surface area contributed by atoms with Crippen LogP contribution in [0.15, 0.2) is 0 Å². The molecule has 0 aliphatic rings. The van der Waals surface area contributed by atoms with Crippen LogP contribution in [0, 0.1) is 0 Å². The van der Waals surface area contributed by atoms with Crippen LogP contribution in [-0.4, -0.2) is 48.9 Å². The fourth-order valence-corrected chi connectivity index (χ4v) is 1.34. The van der Waals surface area contributed by atoms with E-state index in [-0.39, 0.29) is 24.0 Å². The molecule has 0 fully saturated rings. The number of halogens is 2. The molecule has 0 amide bonds. The normalized spacial score (nSPS) is 14.6. The van der Waals surface area contributed by atoms with Gasteiger partial charge in [0.2, 0.25) is 0 Å². The van der Waals surface area contributed by atoms with E-state index in [1.165, 1.54) is 0 Å². The number of aliphatic hydroxyl groups excluding tert-OH is 1. The first-order valence-electron chi connectivity index (χ1n) is 5.03. The van der Waals surface area contributed by atoms with Gasteiger partial charge in [-0.2, -0.15) is 0 Å². The Morgan fingerprint density at radius 2 is 1.80 bits per heavy atom. The van der Waals surface area contributed by atoms with Gasteiger partial charge >= 0.3 is 0 Å². The standard InChI is InChI=1S/C10H24ClN2O.ClH/c1-10(2,12-11)8-9(14)6-7-13(3,4)5;/h9,12,14H,6-8H2,1-5H3;1H/q+1;/p-1. The Bertz CT molecular complexity index is 169. The van der Waals surface area contributed by atoms with Crippen molar-refractivity contribution in [1.82, 2.24) is 4.84 Å². The number of aliphatic hydroxyl groups is 1. The minimum Gasteiger partial charge on any atom is -1.00 e. The van der Waals surface area contributed by atoms with Crippen LogP contribution in [0.5, 0.6) is 0 Å². The first-order valence-corrected chi connectivity index (χ1v) is 5.40. The summed E-state index contributed by atoms with van der Waals surface area (Å²) in [7, 11) is 6.37. The monoisotopic (exact) mass is 258 g/mol. The van der Waals surface area contributed by atoms with E-state index in [1.807, 2.05) is 13.8 Å². The van der Waals surface area contributed by atoms with Gasteiger partial charge in [-0.05, 0) is 32.0 Å². The van der Waals surface area contributed by atoms with E-state index in [2.05, 4.69) is 26.0 Å². The van der Waals surface area contributed by atoms with E-state index >= 15 is 0 Å². The number of nitrogens with one attached hydrogen (secondary N) is 1. The van der Waals surface area contributed by atoms with E-state index in [9.17, 15) is 5.11 Å². The minimum absolute atomic E-state index is 0. The molecule has 5 heteroatoms. The lowest BCUT2D eigenvalue weighted by Gasteiger charge is -2.28. The molecule has 1 atom stereocenters. The van der Waals surface area contributed by atoms with Crippen LogP contribution in [0.4, 0.5) is 0 Å². The van der Waals surface area contributed by atoms with Crippen LogP contribution in [0.25, 0.3) is 0 Å². The van der Waals surface area contributed by atoms with Crippen molar-refractivity contribution in [2.75, 3.05) is 27.7 Å². The van der Waals surface area contributed by atoms with Gasteiger partial charge < -0.3 is 22.0 Å². The first kappa shape index (κ1) is 17.8. The van der Waals surface area contributed by atoms with Crippen molar-refractivity contribution in [3.8, 4) is 0 Å². The summed E-state index contributed by atoms with van der Waals surface area (Å²) in [6.07, 6.45) is 1.20. The highest BCUT2D eigenvalue weighted by molar-refractivity contribution is 6.13. The van der Waals surface area contributed by atoms with Gasteiger partial charge in [0.15, 0.2) is 0 Å². The molecule has 0 rings (SSSR count). The fraction of sp³-hybridized carbons (Fsp3) is 1.00. The van der Waals surface area contributed by atoms with Gasteiger partial charge in [-0.15, -0.1) is 0 Å². The van der Waals surface area contributed by atoms with E-state index in [0.717, 1.165) is 17.4 Å². The summed E-state index contributed by atoms with van der Waals surface area (Å²) in [5.74, 6) is 0. The number of hydrogen-bond donors (Lipinski definition) is 2. The third-order valence-corrected chi connectivity index (χ3v) is 2.65. The highest BCUT2D eigenvalue weighted by Crippen LogP contribution is 2.14. The average Bonchev–Trinajstić information content (AvgIpc) is 1.99. The lowest BCUT2D eigenvalue weighted by atomic mass is 9.96. The van der Waals surface area contributed by atoms with Crippen LogP contribution in [-0.2, 0) is 0 Å². The quantitative estimate of drug-likeness (QED) is 0.443. The molecular formula is C10H24Cl2N2O. The second-order valence-corrected chi connectivity index (χ2v) is 5.83. The van der Waals surface area contributed by atoms with Gasteiger partial charge in [-0.25, -0.2) is 4.84 Å². The first-order chi connectivity index (χ1) is 6.16. The predicted molar refractivity (Wildman–Crippen MR) is 61.2 cm³/mol. The zero-order valence-corrected chi connectivity index (χ0v) is 11.9. The lowest BCUT2D eigenvalue weighted by molar-refractivity contribution is -0.870. The summed E-state index contributed by atoms with van der Waals surface area (Å²) >= 11 is 5.56. The van der Waals surface area contributed by atoms with Crippen LogP contribution in [0.1, 0.15) is 26.7 Å². The highest BCUT2D eigenvalue weighted by atomic mass is 35.5. The Hall–Kier alpha value is 0.460. The lowest BCUT2D eigenvalue weighted by Crippen LogP contribution is -3.00. The van der Waals surface area contributed by atoms with E-state index < -0.39 is 0 Å². The summed E-state index contributed by atoms with van der Waals surface area (Å²) in [6.45, 7) is 4.93. The van der Waals surface area contributed by atoms with Gasteiger partial charge in [-0.1, -0.05) is 0 Å². The van der Waals surface area contributed by atoms with Crippen molar-refractivity contribution in [2.24, 2.45) is 0 Å². The largest absolute Gasteiger partial charge is 1.00 e. The summed E-state index contributed by atoms with van der Waals surface area (Å²) in [5.41, 5.74) is -0.203. The Balaban J connectivity index is 0. The van der Waals surface area contributed by atoms with Crippen molar-refractivity contribution >= 4 is 11.8 Å². The molecule has 1 unspecified atom stereocenters. The molecule has 94 valence electrons. The average molecular weight is 259 g/mol. The van der Waals surface area contributed by atoms with Gasteiger partial charge in [0.05, 0.1) is 33.8 Å². The molecule has 0 aliphatic heterocycles. The summed E-state index contributed by atoms with van der Waals surface area (Å²) in [6, 6.07) is 0. The van der Waals surface area contributed by atoms with Crippen molar-refractivity contribution in [3.63, 3.8) is 0 Å². The molecule has 0 aromatic heterocycles. The molecular weight excluding hydrogens is 235 g/mol. The Labute approximate surface area is 105 Å². The number of rotatable bonds is 6. The molecule has 0 aromatic carbocycles. The zero-order valence-electron chi connectivity index (χ0n) is 10.3. The number of quaternary nitrogens is 1. The Kier molecular flexibility index (Phi) is 8.23. The molecule has 0 saturated carbocycles. The summed E-state index contributed by atoms with van der Waals surface area (Å²) in [5, 5.41) is 9.77. The fourth-order valence-electron chi connectivity index (χ4n) is 1.27. The third kappa shape index (κ3) is 10.7. The van der Waals surface area contributed by atoms with Crippen molar-refractivity contribution < 1.29 is 22.0 Å². The molecule has 0 aliphatic carbocycles. The maximum atomic E-state index is 9.77. The minimum atomic E-state index is -0.284. The van der Waals surface area contributed by atoms with Gasteiger partial charge in [0.1, 0.15) is 0 Å². The van der Waals surface area contributed by atoms with Crippen LogP contribution >= 0.6 is 11.8 Å². The molecule has 15 heavy (non-hydrogen) atoms. The van der Waals surface area contributed by atoms with Crippen molar-refractivity contribution in [2.45, 2.75) is 38.3 Å². The van der Waals surface area contributed by atoms with Crippen molar-refractivity contribution in [3.05, 3.63) is 0 Å². The maximum Gasteiger partial charge on any atom is 0.0805 e. The smallest absolute Gasteiger partial charge is 0.0805 e. The maximum absolute atomic E-state index is 9.77. The Morgan fingerprint density at radius 1 is 1.33 bits per heavy atom. The molecule has 0 spiro atoms. The molecule has 0 saturated heterocycles. The Morgan fingerprint density at radius 3 is 2.13 bits per heavy atom. The van der Waals surface area contributed by atoms with Crippen LogP contribution < -0.4 is 17.2 Å². The molecule has 0 heterocycles. The topological polar surface area (TPSA) is 32.3 Å². The second-order valence-electron chi connectivity index (χ2n) is 5.64. The van der Waals surface area contributed by atoms with E-state index in [0.29, 0.717) is 6.42 Å². The second kappa shape index (κ2) is 6.92. The van der Waals surface area contributed by atoms with Crippen LogP contribution in [0.3, 0.4) is 0 Å². The third-order valence-electron chi connectivity index (χ3n) is 2.13. The molecule has 0 aromatic rings. The molecule has 3 nitrogen and oxygen atoms in total. The molecule has 0 radical (unpaired) electrons. The van der Waals surface area contributed by atoms with Gasteiger partial charge in [-0.3, -0.25) is 0 Å². The van der Waals surface area contributed by atoms with Crippen molar-refractivity contribution in [1.29, 1.82) is 0 Å².